The maximum Gasteiger partial charge on any atom is 0.180 e. The van der Waals surface area contributed by atoms with E-state index >= 15 is 0 Å². The van der Waals surface area contributed by atoms with Gasteiger partial charge in [0.25, 0.3) is 0 Å². The van der Waals surface area contributed by atoms with Crippen molar-refractivity contribution in [1.29, 1.82) is 0 Å². The van der Waals surface area contributed by atoms with E-state index < -0.39 is 0 Å². The number of aromatic nitrogens is 4. The first-order valence-corrected chi connectivity index (χ1v) is 4.19. The molecule has 0 aliphatic heterocycles. The maximum atomic E-state index is 4.20. The van der Waals surface area contributed by atoms with Crippen LogP contribution in [0.2, 0.25) is 0 Å². The van der Waals surface area contributed by atoms with Gasteiger partial charge in [-0.3, -0.25) is 0 Å². The van der Waals surface area contributed by atoms with Crippen molar-refractivity contribution >= 4 is 0 Å². The standard InChI is InChI=1S/C8H16N4/c1-6(2)8(3,4)7-9-11-12(5)10-7/h6H,1-5H3. The fraction of sp³-hybridized carbons (Fsp3) is 0.875. The number of hydrogen-bond acceptors (Lipinski definition) is 3. The van der Waals surface area contributed by atoms with Gasteiger partial charge < -0.3 is 0 Å². The lowest BCUT2D eigenvalue weighted by Gasteiger charge is -2.24. The first-order valence-electron chi connectivity index (χ1n) is 4.19. The Balaban J connectivity index is 2.97. The summed E-state index contributed by atoms with van der Waals surface area (Å²) >= 11 is 0. The summed E-state index contributed by atoms with van der Waals surface area (Å²) in [5.74, 6) is 1.33. The summed E-state index contributed by atoms with van der Waals surface area (Å²) in [6.45, 7) is 8.59. The van der Waals surface area contributed by atoms with Crippen molar-refractivity contribution in [2.24, 2.45) is 13.0 Å². The van der Waals surface area contributed by atoms with Crippen LogP contribution in [0.5, 0.6) is 0 Å². The number of rotatable bonds is 2. The highest BCUT2D eigenvalue weighted by molar-refractivity contribution is 5.01. The van der Waals surface area contributed by atoms with E-state index in [2.05, 4.69) is 43.1 Å². The highest BCUT2D eigenvalue weighted by Crippen LogP contribution is 2.27. The minimum Gasteiger partial charge on any atom is -0.167 e. The van der Waals surface area contributed by atoms with E-state index in [0.717, 1.165) is 5.82 Å². The molecule has 0 aliphatic carbocycles. The molecular formula is C8H16N4. The summed E-state index contributed by atoms with van der Waals surface area (Å²) in [5, 5.41) is 12.0. The van der Waals surface area contributed by atoms with E-state index in [1.165, 1.54) is 4.80 Å². The van der Waals surface area contributed by atoms with Crippen LogP contribution < -0.4 is 0 Å². The van der Waals surface area contributed by atoms with Gasteiger partial charge in [0.15, 0.2) is 5.82 Å². The smallest absolute Gasteiger partial charge is 0.167 e. The van der Waals surface area contributed by atoms with Crippen molar-refractivity contribution < 1.29 is 0 Å². The Morgan fingerprint density at radius 1 is 1.33 bits per heavy atom. The van der Waals surface area contributed by atoms with Crippen LogP contribution in [-0.4, -0.2) is 20.2 Å². The van der Waals surface area contributed by atoms with Crippen LogP contribution >= 0.6 is 0 Å². The van der Waals surface area contributed by atoms with Gasteiger partial charge >= 0.3 is 0 Å². The monoisotopic (exact) mass is 168 g/mol. The van der Waals surface area contributed by atoms with Crippen molar-refractivity contribution in [3.05, 3.63) is 5.82 Å². The van der Waals surface area contributed by atoms with Crippen LogP contribution in [-0.2, 0) is 12.5 Å². The van der Waals surface area contributed by atoms with Gasteiger partial charge in [-0.1, -0.05) is 27.7 Å². The lowest BCUT2D eigenvalue weighted by molar-refractivity contribution is 0.350. The van der Waals surface area contributed by atoms with E-state index in [1.54, 1.807) is 7.05 Å². The summed E-state index contributed by atoms with van der Waals surface area (Å²) in [4.78, 5) is 1.50. The van der Waals surface area contributed by atoms with Crippen LogP contribution in [0.25, 0.3) is 0 Å². The van der Waals surface area contributed by atoms with E-state index in [9.17, 15) is 0 Å². The van der Waals surface area contributed by atoms with Gasteiger partial charge in [-0.15, -0.1) is 10.2 Å². The van der Waals surface area contributed by atoms with Crippen molar-refractivity contribution in [3.8, 4) is 0 Å². The van der Waals surface area contributed by atoms with Crippen LogP contribution in [0.1, 0.15) is 33.5 Å². The van der Waals surface area contributed by atoms with Gasteiger partial charge in [-0.2, -0.15) is 4.80 Å². The molecule has 1 rings (SSSR count). The molecule has 0 saturated carbocycles. The average Bonchev–Trinajstić information content (AvgIpc) is 2.35. The molecule has 0 N–H and O–H groups in total. The zero-order valence-corrected chi connectivity index (χ0v) is 8.37. The van der Waals surface area contributed by atoms with Crippen molar-refractivity contribution in [1.82, 2.24) is 20.2 Å². The molecule has 0 saturated heterocycles. The minimum atomic E-state index is 0.00819. The molecular weight excluding hydrogens is 152 g/mol. The van der Waals surface area contributed by atoms with E-state index in [1.807, 2.05) is 0 Å². The molecule has 68 valence electrons. The number of nitrogens with zero attached hydrogens (tertiary/aromatic N) is 4. The number of tetrazole rings is 1. The summed E-state index contributed by atoms with van der Waals surface area (Å²) in [7, 11) is 1.78. The van der Waals surface area contributed by atoms with Crippen LogP contribution in [0.3, 0.4) is 0 Å². The van der Waals surface area contributed by atoms with Gasteiger partial charge in [-0.25, -0.2) is 0 Å². The molecule has 0 spiro atoms. The van der Waals surface area contributed by atoms with Crippen molar-refractivity contribution in [2.75, 3.05) is 0 Å². The minimum absolute atomic E-state index is 0.00819. The van der Waals surface area contributed by atoms with E-state index in [0.29, 0.717) is 5.92 Å². The molecule has 0 bridgehead atoms. The molecule has 12 heavy (non-hydrogen) atoms. The first kappa shape index (κ1) is 9.16. The summed E-state index contributed by atoms with van der Waals surface area (Å²) in [5.41, 5.74) is 0.00819. The topological polar surface area (TPSA) is 43.6 Å². The Hall–Kier alpha value is -0.930. The second-order valence-corrected chi connectivity index (χ2v) is 3.98. The third-order valence-corrected chi connectivity index (χ3v) is 2.53. The lowest BCUT2D eigenvalue weighted by atomic mass is 9.81. The fourth-order valence-corrected chi connectivity index (χ4v) is 0.800. The predicted octanol–water partition coefficient (Wildman–Crippen LogP) is 1.14. The third-order valence-electron chi connectivity index (χ3n) is 2.53. The summed E-state index contributed by atoms with van der Waals surface area (Å²) in [6, 6.07) is 0. The van der Waals surface area contributed by atoms with Crippen LogP contribution in [0, 0.1) is 5.92 Å². The van der Waals surface area contributed by atoms with Gasteiger partial charge in [0, 0.05) is 5.41 Å². The lowest BCUT2D eigenvalue weighted by Crippen LogP contribution is -2.26. The highest BCUT2D eigenvalue weighted by atomic mass is 15.6. The number of hydrogen-bond donors (Lipinski definition) is 0. The normalized spacial score (nSPS) is 12.5. The quantitative estimate of drug-likeness (QED) is 0.665. The molecule has 0 aromatic carbocycles. The maximum absolute atomic E-state index is 4.20. The zero-order chi connectivity index (χ0) is 9.35. The van der Waals surface area contributed by atoms with Gasteiger partial charge in [0.2, 0.25) is 0 Å². The molecule has 0 amide bonds. The largest absolute Gasteiger partial charge is 0.180 e. The molecule has 0 aliphatic rings. The Morgan fingerprint density at radius 2 is 1.92 bits per heavy atom. The Kier molecular flexibility index (Phi) is 2.17. The molecule has 0 atom stereocenters. The van der Waals surface area contributed by atoms with E-state index in [-0.39, 0.29) is 5.41 Å². The van der Waals surface area contributed by atoms with Crippen molar-refractivity contribution in [3.63, 3.8) is 0 Å². The molecule has 1 heterocycles. The molecule has 1 aromatic heterocycles. The first-order chi connectivity index (χ1) is 5.44. The summed E-state index contributed by atoms with van der Waals surface area (Å²) in [6.07, 6.45) is 0. The van der Waals surface area contributed by atoms with Crippen LogP contribution in [0.15, 0.2) is 0 Å². The second-order valence-electron chi connectivity index (χ2n) is 3.98. The Morgan fingerprint density at radius 3 is 2.25 bits per heavy atom. The third kappa shape index (κ3) is 1.47. The molecule has 4 heteroatoms. The predicted molar refractivity (Wildman–Crippen MR) is 46.7 cm³/mol. The number of aryl methyl sites for hydroxylation is 1. The average molecular weight is 168 g/mol. The Labute approximate surface area is 73.0 Å². The molecule has 1 aromatic rings. The van der Waals surface area contributed by atoms with Crippen molar-refractivity contribution in [2.45, 2.75) is 33.1 Å². The zero-order valence-electron chi connectivity index (χ0n) is 8.37. The molecule has 0 unspecified atom stereocenters. The SMILES string of the molecule is CC(C)C(C)(C)c1nnn(C)n1. The fourth-order valence-electron chi connectivity index (χ4n) is 0.800. The van der Waals surface area contributed by atoms with Gasteiger partial charge in [-0.05, 0) is 11.1 Å². The molecule has 0 fully saturated rings. The van der Waals surface area contributed by atoms with E-state index in [4.69, 9.17) is 0 Å². The molecule has 0 radical (unpaired) electrons. The second kappa shape index (κ2) is 2.84. The Bertz CT molecular complexity index is 262. The highest BCUT2D eigenvalue weighted by Gasteiger charge is 2.29. The molecule has 4 nitrogen and oxygen atoms in total. The van der Waals surface area contributed by atoms with Gasteiger partial charge in [0.05, 0.1) is 7.05 Å². The van der Waals surface area contributed by atoms with Gasteiger partial charge in [0.1, 0.15) is 0 Å². The summed E-state index contributed by atoms with van der Waals surface area (Å²) < 4.78 is 0. The van der Waals surface area contributed by atoms with Crippen LogP contribution in [0.4, 0.5) is 0 Å².